The van der Waals surface area contributed by atoms with Crippen LogP contribution in [0.25, 0.3) is 11.0 Å². The van der Waals surface area contributed by atoms with E-state index in [1.807, 2.05) is 43.3 Å². The summed E-state index contributed by atoms with van der Waals surface area (Å²) in [5.74, 6) is 2.38. The van der Waals surface area contributed by atoms with Crippen LogP contribution in [-0.2, 0) is 0 Å². The van der Waals surface area contributed by atoms with Gasteiger partial charge in [0.2, 0.25) is 0 Å². The van der Waals surface area contributed by atoms with Crippen molar-refractivity contribution in [2.45, 2.75) is 13.0 Å². The van der Waals surface area contributed by atoms with Gasteiger partial charge in [-0.1, -0.05) is 18.2 Å². The van der Waals surface area contributed by atoms with Gasteiger partial charge in [-0.15, -0.1) is 0 Å². The minimum atomic E-state index is -0.000617. The Morgan fingerprint density at radius 1 is 1.25 bits per heavy atom. The van der Waals surface area contributed by atoms with Crippen molar-refractivity contribution in [3.8, 4) is 0 Å². The van der Waals surface area contributed by atoms with E-state index in [1.54, 1.807) is 6.20 Å². The molecule has 0 aliphatic rings. The summed E-state index contributed by atoms with van der Waals surface area (Å²) in [5, 5.41) is 3.39. The molecule has 3 aromatic rings. The van der Waals surface area contributed by atoms with Crippen molar-refractivity contribution in [1.82, 2.24) is 15.0 Å². The molecule has 5 heteroatoms. The van der Waals surface area contributed by atoms with Crippen molar-refractivity contribution in [2.24, 2.45) is 0 Å². The number of aryl methyl sites for hydroxylation is 1. The average molecular weight is 284 g/mol. The molecule has 0 aliphatic carbocycles. The molecule has 2 heterocycles. The van der Waals surface area contributed by atoms with Crippen molar-refractivity contribution < 1.29 is 0 Å². The molecule has 0 saturated carbocycles. The number of rotatable bonds is 4. The number of H-pyrrole nitrogens is 1. The van der Waals surface area contributed by atoms with Crippen molar-refractivity contribution in [3.05, 3.63) is 54.0 Å². The fraction of sp³-hybridized carbons (Fsp3) is 0.200. The lowest BCUT2D eigenvalue weighted by Gasteiger charge is -2.16. The Morgan fingerprint density at radius 3 is 2.85 bits per heavy atom. The summed E-state index contributed by atoms with van der Waals surface area (Å²) in [6.07, 6.45) is 1.78. The second-order valence-corrected chi connectivity index (χ2v) is 5.05. The second kappa shape index (κ2) is 5.54. The Kier molecular flexibility index (Phi) is 3.60. The van der Waals surface area contributed by atoms with E-state index in [9.17, 15) is 0 Å². The molecular formula is C15H16N4S. The first-order valence-corrected chi connectivity index (χ1v) is 7.15. The maximum absolute atomic E-state index is 4.61. The molecule has 0 fully saturated rings. The van der Waals surface area contributed by atoms with E-state index >= 15 is 0 Å². The van der Waals surface area contributed by atoms with E-state index in [2.05, 4.69) is 32.9 Å². The zero-order chi connectivity index (χ0) is 13.9. The van der Waals surface area contributed by atoms with Crippen molar-refractivity contribution in [1.29, 1.82) is 0 Å². The maximum atomic E-state index is 4.61. The lowest BCUT2D eigenvalue weighted by atomic mass is 10.2. The number of imidazole rings is 1. The maximum Gasteiger partial charge on any atom is 0.130 e. The summed E-state index contributed by atoms with van der Waals surface area (Å²) in [5.41, 5.74) is 3.11. The second-order valence-electron chi connectivity index (χ2n) is 4.69. The molecule has 0 spiro atoms. The van der Waals surface area contributed by atoms with Crippen LogP contribution < -0.4 is 5.32 Å². The predicted molar refractivity (Wildman–Crippen MR) is 85.3 cm³/mol. The molecule has 0 aliphatic heterocycles. The number of para-hydroxylation sites is 2. The van der Waals surface area contributed by atoms with Gasteiger partial charge < -0.3 is 10.3 Å². The molecule has 20 heavy (non-hydrogen) atoms. The van der Waals surface area contributed by atoms with Crippen LogP contribution >= 0.6 is 12.6 Å². The van der Waals surface area contributed by atoms with Gasteiger partial charge in [0.1, 0.15) is 11.6 Å². The molecule has 2 N–H and O–H groups in total. The molecular weight excluding hydrogens is 268 g/mol. The summed E-state index contributed by atoms with van der Waals surface area (Å²) in [4.78, 5) is 12.3. The van der Waals surface area contributed by atoms with E-state index < -0.39 is 0 Å². The summed E-state index contributed by atoms with van der Waals surface area (Å²) >= 11 is 4.42. The number of hydrogen-bond acceptors (Lipinski definition) is 4. The van der Waals surface area contributed by atoms with E-state index in [1.165, 1.54) is 0 Å². The lowest BCUT2D eigenvalue weighted by Crippen LogP contribution is -2.15. The van der Waals surface area contributed by atoms with Crippen LogP contribution in [0.3, 0.4) is 0 Å². The number of hydrogen-bond donors (Lipinski definition) is 3. The van der Waals surface area contributed by atoms with E-state index in [4.69, 9.17) is 0 Å². The third-order valence-corrected chi connectivity index (χ3v) is 3.61. The molecule has 1 aromatic carbocycles. The molecule has 4 nitrogen and oxygen atoms in total. The Bertz CT molecular complexity index is 689. The van der Waals surface area contributed by atoms with Crippen LogP contribution in [0.5, 0.6) is 0 Å². The van der Waals surface area contributed by atoms with Crippen LogP contribution in [0, 0.1) is 6.92 Å². The Hall–Kier alpha value is -2.01. The van der Waals surface area contributed by atoms with Gasteiger partial charge in [0.15, 0.2) is 0 Å². The highest BCUT2D eigenvalue weighted by Crippen LogP contribution is 2.22. The normalized spacial score (nSPS) is 12.5. The van der Waals surface area contributed by atoms with Gasteiger partial charge in [-0.3, -0.25) is 0 Å². The first-order chi connectivity index (χ1) is 9.78. The van der Waals surface area contributed by atoms with Crippen LogP contribution in [0.4, 0.5) is 5.82 Å². The standard InChI is InChI=1S/C15H16N4S/c1-10-5-4-8-16-14(10)19-13(9-20)15-17-11-6-2-3-7-12(11)18-15/h2-8,13,20H,9H2,1H3,(H,16,19)(H,17,18). The lowest BCUT2D eigenvalue weighted by molar-refractivity contribution is 0.820. The van der Waals surface area contributed by atoms with Gasteiger partial charge in [-0.2, -0.15) is 12.6 Å². The summed E-state index contributed by atoms with van der Waals surface area (Å²) in [6, 6.07) is 12.0. The highest BCUT2D eigenvalue weighted by Gasteiger charge is 2.15. The van der Waals surface area contributed by atoms with Crippen LogP contribution in [0.1, 0.15) is 17.4 Å². The van der Waals surface area contributed by atoms with E-state index in [0.29, 0.717) is 5.75 Å². The molecule has 0 radical (unpaired) electrons. The van der Waals surface area contributed by atoms with Crippen molar-refractivity contribution in [3.63, 3.8) is 0 Å². The van der Waals surface area contributed by atoms with Crippen LogP contribution in [0.15, 0.2) is 42.6 Å². The van der Waals surface area contributed by atoms with Gasteiger partial charge in [0, 0.05) is 11.9 Å². The molecule has 0 amide bonds. The number of nitrogens with one attached hydrogen (secondary N) is 2. The monoisotopic (exact) mass is 284 g/mol. The summed E-state index contributed by atoms with van der Waals surface area (Å²) in [6.45, 7) is 2.03. The van der Waals surface area contributed by atoms with Gasteiger partial charge in [0.25, 0.3) is 0 Å². The smallest absolute Gasteiger partial charge is 0.130 e. The molecule has 1 atom stereocenters. The summed E-state index contributed by atoms with van der Waals surface area (Å²) in [7, 11) is 0. The molecule has 0 saturated heterocycles. The van der Waals surface area contributed by atoms with Crippen molar-refractivity contribution in [2.75, 3.05) is 11.1 Å². The SMILES string of the molecule is Cc1cccnc1NC(CS)c1nc2ccccc2[nH]1. The number of fused-ring (bicyclic) bond motifs is 1. The number of aromatic nitrogens is 3. The zero-order valence-corrected chi connectivity index (χ0v) is 12.1. The first kappa shape index (κ1) is 13.0. The fourth-order valence-corrected chi connectivity index (χ4v) is 2.40. The van der Waals surface area contributed by atoms with Gasteiger partial charge in [-0.25, -0.2) is 9.97 Å². The largest absolute Gasteiger partial charge is 0.359 e. The molecule has 3 rings (SSSR count). The quantitative estimate of drug-likeness (QED) is 0.644. The highest BCUT2D eigenvalue weighted by atomic mass is 32.1. The number of pyridine rings is 1. The highest BCUT2D eigenvalue weighted by molar-refractivity contribution is 7.80. The minimum Gasteiger partial charge on any atom is -0.359 e. The van der Waals surface area contributed by atoms with Crippen molar-refractivity contribution >= 4 is 29.5 Å². The summed E-state index contributed by atoms with van der Waals surface area (Å²) < 4.78 is 0. The van der Waals surface area contributed by atoms with Crippen LogP contribution in [-0.4, -0.2) is 20.7 Å². The number of anilines is 1. The van der Waals surface area contributed by atoms with E-state index in [0.717, 1.165) is 28.2 Å². The first-order valence-electron chi connectivity index (χ1n) is 6.51. The Balaban J connectivity index is 1.91. The molecule has 2 aromatic heterocycles. The molecule has 102 valence electrons. The third-order valence-electron chi connectivity index (χ3n) is 3.24. The topological polar surface area (TPSA) is 53.6 Å². The van der Waals surface area contributed by atoms with Gasteiger partial charge >= 0.3 is 0 Å². The van der Waals surface area contributed by atoms with E-state index in [-0.39, 0.29) is 6.04 Å². The number of aromatic amines is 1. The Morgan fingerprint density at radius 2 is 2.10 bits per heavy atom. The zero-order valence-electron chi connectivity index (χ0n) is 11.2. The Labute approximate surface area is 123 Å². The molecule has 0 bridgehead atoms. The minimum absolute atomic E-state index is 0.000617. The number of benzene rings is 1. The average Bonchev–Trinajstić information content (AvgIpc) is 2.90. The fourth-order valence-electron chi connectivity index (χ4n) is 2.14. The predicted octanol–water partition coefficient (Wildman–Crippen LogP) is 3.35. The molecule has 1 unspecified atom stereocenters. The number of thiol groups is 1. The van der Waals surface area contributed by atoms with Gasteiger partial charge in [-0.05, 0) is 30.7 Å². The van der Waals surface area contributed by atoms with Gasteiger partial charge in [0.05, 0.1) is 17.1 Å². The number of nitrogens with zero attached hydrogens (tertiary/aromatic N) is 2. The van der Waals surface area contributed by atoms with Crippen LogP contribution in [0.2, 0.25) is 0 Å². The third kappa shape index (κ3) is 2.49.